The molecule has 142 heavy (non-hydrogen) atoms. The summed E-state index contributed by atoms with van der Waals surface area (Å²) in [6.45, 7) is 27.5. The molecule has 0 spiro atoms. The van der Waals surface area contributed by atoms with Crippen LogP contribution in [0.15, 0.2) is 203 Å². The Kier molecular flexibility index (Phi) is 57.0. The zero-order valence-corrected chi connectivity index (χ0v) is 88.4. The van der Waals surface area contributed by atoms with Crippen LogP contribution in [0, 0.1) is 17.8 Å². The van der Waals surface area contributed by atoms with Crippen molar-refractivity contribution >= 4 is 152 Å². The lowest BCUT2D eigenvalue weighted by Gasteiger charge is -2.26. The van der Waals surface area contributed by atoms with Gasteiger partial charge in [0.1, 0.15) is 26.1 Å². The number of carbonyl (C=O) groups is 4. The van der Waals surface area contributed by atoms with Crippen LogP contribution < -0.4 is 27.8 Å². The van der Waals surface area contributed by atoms with Crippen molar-refractivity contribution in [2.24, 2.45) is 35.0 Å². The Morgan fingerprint density at radius 2 is 0.620 bits per heavy atom. The molecule has 6 aromatic carbocycles. The highest BCUT2D eigenvalue weighted by molar-refractivity contribution is 7.86. The normalized spacial score (nSPS) is 17.3. The van der Waals surface area contributed by atoms with Crippen LogP contribution >= 0.6 is 118 Å². The molecule has 36 heteroatoms. The number of alkyl carbamates (subject to hydrolysis) is 2. The van der Waals surface area contributed by atoms with E-state index in [0.717, 1.165) is 65.1 Å². The van der Waals surface area contributed by atoms with E-state index >= 15 is 0 Å². The maximum Gasteiger partial charge on any atom is 0.522 e. The van der Waals surface area contributed by atoms with E-state index in [1.54, 1.807) is 20.8 Å². The maximum absolute atomic E-state index is 11.7. The van der Waals surface area contributed by atoms with Crippen LogP contribution in [-0.2, 0) is 84.9 Å². The lowest BCUT2D eigenvalue weighted by Crippen LogP contribution is -2.36. The van der Waals surface area contributed by atoms with Crippen LogP contribution in [0.2, 0.25) is 0 Å². The lowest BCUT2D eigenvalue weighted by molar-refractivity contribution is -0.109. The minimum absolute atomic E-state index is 0. The highest BCUT2D eigenvalue weighted by Gasteiger charge is 2.45. The van der Waals surface area contributed by atoms with Gasteiger partial charge in [-0.25, -0.2) is 14.4 Å². The van der Waals surface area contributed by atoms with Crippen LogP contribution in [0.3, 0.4) is 0 Å². The van der Waals surface area contributed by atoms with E-state index < -0.39 is 39.3 Å². The standard InChI is InChI=1S/C18H19NO3.C18H17NO3.C15H11ClO2.3C10H14OS.2C9H13NOS.C3H9NO.CHF3O3S.3CH4.4ClH/c2*1-12(10-20)19-18(21)22-11-17-15-8-4-2-6-13(15)14-7-3-5-9-16(14)17;16-15(17)18-9-14-12-7-3-1-5-10(12)11-6-2-4-8-13(11)14;3*1-7(2)10-8-4-6-12-9(8)3-5-11-10;2*1-6(10)9-7-3-5-12-8(7)2-4-11-9;1-3(4)2-5;2-1(3,4)8(5,6)7;;;;;;;/h2-9,12,17,20H,10-11H2,1H3,(H,19,21);2-10,12,17H,11H2,1H3,(H,19,21);1-8,14H,9H2;3*4,6-7,10H,3,5H2,1-2H3;2*3,5-6,9H,2,4,10H2,1H3;3,5H,2,4H2,1H3;(H,5,6,7);3*1H4;4*1H/t2*12-;;2*10-;;6-,9+;6-,9-;3-;;;;;;;;/m00.10.000......../s1. The SMILES string of the molecule is C.C.C.CC(C)C1OCCc2sccc21.CC(C)[C@@H]1OCCc2sccc21.CC(C)[C@H]1OCCc2sccc21.C[C@@H](C=O)NC(=O)OCC1c2ccccc2-c2ccccc21.C[C@@H](CO)NC(=O)OCC1c2ccccc2-c2ccccc21.C[C@H](N)CO.C[C@H](N)[C@@H]1OCCc2sccc21.C[C@H](N)[C@H]1OCCc2sccc21.Cl.Cl.Cl.Cl.O=C(Cl)OCC1c2ccccc2-c2ccccc21.O=S(=O)(O)C(F)(F)F. The van der Waals surface area contributed by atoms with E-state index in [4.69, 9.17) is 89.9 Å². The van der Waals surface area contributed by atoms with Crippen molar-refractivity contribution in [2.75, 3.05) is 66.1 Å². The number of nitrogens with one attached hydrogen (secondary N) is 2. The molecule has 0 radical (unpaired) electrons. The molecule has 1 unspecified atom stereocenters. The van der Waals surface area contributed by atoms with Gasteiger partial charge in [-0.2, -0.15) is 21.6 Å². The van der Waals surface area contributed by atoms with Gasteiger partial charge in [0, 0.05) is 104 Å². The largest absolute Gasteiger partial charge is 0.522 e. The number of alkyl halides is 3. The van der Waals surface area contributed by atoms with Crippen LogP contribution in [0.1, 0.15) is 232 Å². The van der Waals surface area contributed by atoms with Crippen molar-refractivity contribution in [3.8, 4) is 33.4 Å². The average Bonchev–Trinajstić information content (AvgIpc) is 1.62. The first-order valence-electron chi connectivity index (χ1n) is 45.2. The van der Waals surface area contributed by atoms with Crippen molar-refractivity contribution in [3.63, 3.8) is 0 Å². The molecule has 2 amide bonds. The molecule has 0 saturated heterocycles. The van der Waals surface area contributed by atoms with Gasteiger partial charge in [-0.3, -0.25) is 4.55 Å². The number of amides is 2. The fraction of sp³-hybridized carbons (Fsp3) is 0.434. The van der Waals surface area contributed by atoms with Crippen molar-refractivity contribution in [1.82, 2.24) is 10.6 Å². The Balaban J connectivity index is 0.000000411. The molecule has 5 aliphatic heterocycles. The molecule has 10 atom stereocenters. The zero-order chi connectivity index (χ0) is 97.6. The minimum atomic E-state index is -5.84. The topological polar surface area (TPSA) is 339 Å². The quantitative estimate of drug-likeness (QED) is 0.0146. The molecule has 11 N–H and O–H groups in total. The second kappa shape index (κ2) is 63.1. The van der Waals surface area contributed by atoms with E-state index in [2.05, 4.69) is 182 Å². The van der Waals surface area contributed by atoms with E-state index in [0.29, 0.717) is 42.4 Å². The number of nitrogens with two attached hydrogens (primary N) is 3. The van der Waals surface area contributed by atoms with E-state index in [1.807, 2.05) is 143 Å². The first-order valence-corrected chi connectivity index (χ1v) is 51.5. The number of halogens is 8. The van der Waals surface area contributed by atoms with Gasteiger partial charge in [0.05, 0.1) is 88.9 Å². The Morgan fingerprint density at radius 3 is 0.824 bits per heavy atom. The first-order chi connectivity index (χ1) is 64.6. The summed E-state index contributed by atoms with van der Waals surface area (Å²) in [4.78, 5) is 52.3. The zero-order valence-electron chi connectivity index (χ0n) is 79.4. The van der Waals surface area contributed by atoms with Gasteiger partial charge < -0.3 is 80.7 Å². The Labute approximate surface area is 886 Å². The van der Waals surface area contributed by atoms with Gasteiger partial charge in [-0.15, -0.1) is 106 Å². The molecule has 0 bridgehead atoms. The van der Waals surface area contributed by atoms with Gasteiger partial charge in [0.2, 0.25) is 0 Å². The molecule has 0 saturated carbocycles. The number of fused-ring (bicyclic) bond motifs is 14. The summed E-state index contributed by atoms with van der Waals surface area (Å²) in [5.41, 5.74) is 31.6. The third-order valence-electron chi connectivity index (χ3n) is 23.1. The molecular formula is C106H141Cl5F3N5O17S6. The summed E-state index contributed by atoms with van der Waals surface area (Å²) in [6.07, 6.45) is 6.32. The third kappa shape index (κ3) is 35.8. The monoisotopic (exact) mass is 2180 g/mol. The van der Waals surface area contributed by atoms with Crippen LogP contribution in [0.4, 0.5) is 27.6 Å². The first kappa shape index (κ1) is 128. The summed E-state index contributed by atoms with van der Waals surface area (Å²) in [7, 11) is -5.84. The average molecular weight is 2180 g/mol. The van der Waals surface area contributed by atoms with Crippen LogP contribution in [-0.4, -0.2) is 149 Å². The Hall–Kier alpha value is -7.75. The molecule has 784 valence electrons. The number of rotatable bonds is 16. The lowest BCUT2D eigenvalue weighted by atomic mass is 9.97. The number of ether oxygens (including phenoxy) is 8. The van der Waals surface area contributed by atoms with Crippen molar-refractivity contribution in [3.05, 3.63) is 288 Å². The van der Waals surface area contributed by atoms with Gasteiger partial charge in [-0.05, 0) is 204 Å². The van der Waals surface area contributed by atoms with Crippen molar-refractivity contribution in [2.45, 2.75) is 215 Å². The molecule has 0 fully saturated rings. The molecule has 19 rings (SSSR count). The number of aldehydes is 1. The van der Waals surface area contributed by atoms with Crippen molar-refractivity contribution < 1.29 is 93.4 Å². The van der Waals surface area contributed by atoms with Gasteiger partial charge in [-0.1, -0.05) is 209 Å². The molecule has 5 aromatic heterocycles. The molecule has 11 aromatic rings. The Bertz CT molecular complexity index is 5240. The summed E-state index contributed by atoms with van der Waals surface area (Å²) < 4.78 is 102. The van der Waals surface area contributed by atoms with Gasteiger partial charge >= 0.3 is 33.2 Å². The second-order valence-corrected chi connectivity index (χ2v) is 41.2. The number of aliphatic hydroxyl groups excluding tert-OH is 2. The summed E-state index contributed by atoms with van der Waals surface area (Å²) in [5.74, 6) is 1.96. The fourth-order valence-corrected chi connectivity index (χ4v) is 21.3. The van der Waals surface area contributed by atoms with Crippen molar-refractivity contribution in [1.29, 1.82) is 0 Å². The number of aliphatic hydroxyl groups is 2. The van der Waals surface area contributed by atoms with E-state index in [-0.39, 0.29) is 159 Å². The maximum atomic E-state index is 11.7. The fourth-order valence-electron chi connectivity index (χ4n) is 16.7. The molecule has 3 aliphatic carbocycles. The molecule has 10 heterocycles. The van der Waals surface area contributed by atoms with Gasteiger partial charge in [0.25, 0.3) is 0 Å². The third-order valence-corrected chi connectivity index (χ3v) is 28.8. The van der Waals surface area contributed by atoms with E-state index in [9.17, 15) is 32.3 Å². The summed E-state index contributed by atoms with van der Waals surface area (Å²) >= 11 is 14.5. The summed E-state index contributed by atoms with van der Waals surface area (Å²) in [6, 6.07) is 59.3. The Morgan fingerprint density at radius 1 is 0.401 bits per heavy atom. The number of benzene rings is 6. The van der Waals surface area contributed by atoms with Crippen LogP contribution in [0.5, 0.6) is 0 Å². The minimum Gasteiger partial charge on any atom is -0.453 e. The highest BCUT2D eigenvalue weighted by Crippen LogP contribution is 2.49. The highest BCUT2D eigenvalue weighted by atomic mass is 35.5. The predicted octanol–water partition coefficient (Wildman–Crippen LogP) is 26.0. The summed E-state index contributed by atoms with van der Waals surface area (Å²) in [5, 5.41) is 32.8. The number of carbonyl (C=O) groups excluding carboxylic acids is 4. The number of thiophene rings is 5. The van der Waals surface area contributed by atoms with Gasteiger partial charge in [0.15, 0.2) is 0 Å². The molecule has 8 aliphatic rings. The van der Waals surface area contributed by atoms with E-state index in [1.165, 1.54) is 119 Å². The predicted molar refractivity (Wildman–Crippen MR) is 582 cm³/mol. The van der Waals surface area contributed by atoms with Crippen LogP contribution in [0.25, 0.3) is 33.4 Å². The molecular weight excluding hydrogens is 2040 g/mol. The smallest absolute Gasteiger partial charge is 0.453 e. The number of hydrogen-bond donors (Lipinski definition) is 8. The second-order valence-electron chi connectivity index (χ2n) is 34.5. The number of hydrogen-bond acceptors (Lipinski definition) is 24. The molecule has 22 nitrogen and oxygen atoms in total.